The van der Waals surface area contributed by atoms with Crippen molar-refractivity contribution in [2.75, 3.05) is 76.0 Å². The molecule has 0 aromatic heterocycles. The maximum Gasteiger partial charge on any atom is 0.167 e. The average molecular weight is 733 g/mol. The second kappa shape index (κ2) is 25.4. The molecular formula is C37H54Cl4N2O4. The van der Waals surface area contributed by atoms with Gasteiger partial charge in [-0.05, 0) is 74.2 Å². The molecule has 2 atom stereocenters. The molecule has 47 heavy (non-hydrogen) atoms. The standard InChI is InChI=1S/C37H54Cl4N2O4/c1-3-26-46-34-14-10-30(11-15-34)36(44)32(28-42(22-18-38)23-19-39)8-6-5-7-9-33(29-43(24-20-40)25-21-41)37(45)31-12-16-35(17-13-31)47-27-4-2/h10-17,32-33H,3-9,18-29H2,1-2H3. The first-order chi connectivity index (χ1) is 22.9. The minimum atomic E-state index is -0.183. The molecule has 0 aliphatic carbocycles. The van der Waals surface area contributed by atoms with Crippen LogP contribution in [0.3, 0.4) is 0 Å². The first-order valence-electron chi connectivity index (χ1n) is 17.1. The van der Waals surface area contributed by atoms with E-state index in [9.17, 15) is 9.59 Å². The fraction of sp³-hybridized carbons (Fsp3) is 0.622. The van der Waals surface area contributed by atoms with Gasteiger partial charge in [0.05, 0.1) is 13.2 Å². The molecule has 0 bridgehead atoms. The second-order valence-electron chi connectivity index (χ2n) is 11.9. The highest BCUT2D eigenvalue weighted by molar-refractivity contribution is 6.18. The van der Waals surface area contributed by atoms with Gasteiger partial charge in [0.1, 0.15) is 11.5 Å². The number of halogens is 4. The quantitative estimate of drug-likeness (QED) is 0.0495. The van der Waals surface area contributed by atoms with Crippen LogP contribution >= 0.6 is 46.4 Å². The molecule has 2 rings (SSSR count). The van der Waals surface area contributed by atoms with Crippen LogP contribution in [-0.4, -0.2) is 97.4 Å². The molecule has 10 heteroatoms. The van der Waals surface area contributed by atoms with E-state index in [4.69, 9.17) is 55.9 Å². The van der Waals surface area contributed by atoms with E-state index in [0.29, 0.717) is 87.1 Å². The number of benzene rings is 2. The van der Waals surface area contributed by atoms with Gasteiger partial charge < -0.3 is 19.3 Å². The van der Waals surface area contributed by atoms with Crippen LogP contribution in [0.4, 0.5) is 0 Å². The second-order valence-corrected chi connectivity index (χ2v) is 13.4. The van der Waals surface area contributed by atoms with Crippen molar-refractivity contribution < 1.29 is 19.1 Å². The first-order valence-corrected chi connectivity index (χ1v) is 19.3. The molecule has 0 fully saturated rings. The Morgan fingerprint density at radius 2 is 0.915 bits per heavy atom. The number of Topliss-reactive ketones (excluding diaryl/α,β-unsaturated/α-hetero) is 2. The predicted octanol–water partition coefficient (Wildman–Crippen LogP) is 9.07. The molecule has 0 heterocycles. The maximum atomic E-state index is 13.7. The molecule has 0 aliphatic rings. The summed E-state index contributed by atoms with van der Waals surface area (Å²) in [5, 5.41) is 0. The SMILES string of the molecule is CCCOc1ccc(C(=O)C(CCCCCC(CN(CCCl)CCCl)C(=O)c2ccc(OCCC)cc2)CN(CCCl)CCCl)cc1. The molecule has 0 saturated carbocycles. The Morgan fingerprint density at radius 3 is 1.21 bits per heavy atom. The van der Waals surface area contributed by atoms with Crippen molar-refractivity contribution in [3.05, 3.63) is 59.7 Å². The van der Waals surface area contributed by atoms with E-state index in [-0.39, 0.29) is 23.4 Å². The minimum absolute atomic E-state index is 0.124. The predicted molar refractivity (Wildman–Crippen MR) is 199 cm³/mol. The van der Waals surface area contributed by atoms with Gasteiger partial charge in [0.2, 0.25) is 0 Å². The van der Waals surface area contributed by atoms with Crippen LogP contribution in [0.2, 0.25) is 0 Å². The normalized spacial score (nSPS) is 12.8. The van der Waals surface area contributed by atoms with Crippen LogP contribution in [-0.2, 0) is 0 Å². The number of carbonyl (C=O) groups excluding carboxylic acids is 2. The maximum absolute atomic E-state index is 13.7. The molecule has 0 amide bonds. The zero-order valence-electron chi connectivity index (χ0n) is 28.2. The Balaban J connectivity index is 2.10. The number of ketones is 2. The Kier molecular flexibility index (Phi) is 22.5. The van der Waals surface area contributed by atoms with E-state index < -0.39 is 0 Å². The van der Waals surface area contributed by atoms with Gasteiger partial charge in [0.25, 0.3) is 0 Å². The number of unbranched alkanes of at least 4 members (excludes halogenated alkanes) is 2. The van der Waals surface area contributed by atoms with Gasteiger partial charge in [-0.3, -0.25) is 9.59 Å². The Bertz CT molecular complexity index is 1020. The van der Waals surface area contributed by atoms with Crippen LogP contribution in [0.1, 0.15) is 79.5 Å². The number of hydrogen-bond donors (Lipinski definition) is 0. The lowest BCUT2D eigenvalue weighted by Crippen LogP contribution is -2.36. The Hall–Kier alpha value is -1.54. The Morgan fingerprint density at radius 1 is 0.574 bits per heavy atom. The number of ether oxygens (including phenoxy) is 2. The van der Waals surface area contributed by atoms with Gasteiger partial charge in [-0.15, -0.1) is 46.4 Å². The van der Waals surface area contributed by atoms with Crippen molar-refractivity contribution in [1.29, 1.82) is 0 Å². The van der Waals surface area contributed by atoms with E-state index in [1.54, 1.807) is 0 Å². The third-order valence-electron chi connectivity index (χ3n) is 8.13. The van der Waals surface area contributed by atoms with E-state index in [2.05, 4.69) is 23.6 Å². The van der Waals surface area contributed by atoms with Gasteiger partial charge in [0.15, 0.2) is 11.6 Å². The molecule has 2 unspecified atom stereocenters. The number of carbonyl (C=O) groups is 2. The van der Waals surface area contributed by atoms with Crippen LogP contribution in [0.5, 0.6) is 11.5 Å². The molecule has 0 radical (unpaired) electrons. The van der Waals surface area contributed by atoms with Crippen LogP contribution in [0, 0.1) is 11.8 Å². The summed E-state index contributed by atoms with van der Waals surface area (Å²) in [5.74, 6) is 3.35. The number of nitrogens with zero attached hydrogens (tertiary/aromatic N) is 2. The molecule has 0 aliphatic heterocycles. The number of hydrogen-bond acceptors (Lipinski definition) is 6. The van der Waals surface area contributed by atoms with Gasteiger partial charge in [-0.1, -0.05) is 33.1 Å². The van der Waals surface area contributed by atoms with Gasteiger partial charge in [0, 0.05) is 85.8 Å². The highest BCUT2D eigenvalue weighted by atomic mass is 35.5. The zero-order chi connectivity index (χ0) is 34.3. The lowest BCUT2D eigenvalue weighted by molar-refractivity contribution is 0.0873. The Labute approximate surface area is 303 Å². The van der Waals surface area contributed by atoms with E-state index in [1.165, 1.54) is 0 Å². The van der Waals surface area contributed by atoms with Crippen LogP contribution < -0.4 is 9.47 Å². The summed E-state index contributed by atoms with van der Waals surface area (Å²) in [6.45, 7) is 9.35. The fourth-order valence-corrected chi connectivity index (χ4v) is 6.56. The van der Waals surface area contributed by atoms with Crippen molar-refractivity contribution >= 4 is 58.0 Å². The molecule has 0 saturated heterocycles. The number of rotatable bonds is 28. The van der Waals surface area contributed by atoms with Crippen molar-refractivity contribution in [3.8, 4) is 11.5 Å². The third kappa shape index (κ3) is 16.1. The van der Waals surface area contributed by atoms with Gasteiger partial charge >= 0.3 is 0 Å². The minimum Gasteiger partial charge on any atom is -0.494 e. The molecule has 0 N–H and O–H groups in total. The van der Waals surface area contributed by atoms with Crippen molar-refractivity contribution in [2.45, 2.75) is 58.8 Å². The average Bonchev–Trinajstić information content (AvgIpc) is 3.08. The summed E-state index contributed by atoms with van der Waals surface area (Å²) in [7, 11) is 0. The molecule has 0 spiro atoms. The summed E-state index contributed by atoms with van der Waals surface area (Å²) in [5.41, 5.74) is 1.37. The van der Waals surface area contributed by atoms with Crippen molar-refractivity contribution in [3.63, 3.8) is 0 Å². The zero-order valence-corrected chi connectivity index (χ0v) is 31.3. The summed E-state index contributed by atoms with van der Waals surface area (Å²) in [6.07, 6.45) is 6.01. The lowest BCUT2D eigenvalue weighted by Gasteiger charge is -2.26. The highest BCUT2D eigenvalue weighted by Crippen LogP contribution is 2.24. The number of alkyl halides is 4. The van der Waals surface area contributed by atoms with Crippen LogP contribution in [0.25, 0.3) is 0 Å². The summed E-state index contributed by atoms with van der Waals surface area (Å²) < 4.78 is 11.4. The summed E-state index contributed by atoms with van der Waals surface area (Å²) in [4.78, 5) is 31.8. The molecular weight excluding hydrogens is 678 g/mol. The van der Waals surface area contributed by atoms with E-state index in [1.807, 2.05) is 48.5 Å². The molecule has 2 aromatic rings. The molecule has 264 valence electrons. The first kappa shape index (κ1) is 41.6. The topological polar surface area (TPSA) is 59.1 Å². The highest BCUT2D eigenvalue weighted by Gasteiger charge is 2.25. The van der Waals surface area contributed by atoms with Gasteiger partial charge in [-0.2, -0.15) is 0 Å². The third-order valence-corrected chi connectivity index (χ3v) is 8.81. The fourth-order valence-electron chi connectivity index (χ4n) is 5.60. The largest absolute Gasteiger partial charge is 0.494 e. The molecule has 6 nitrogen and oxygen atoms in total. The summed E-state index contributed by atoms with van der Waals surface area (Å²) >= 11 is 24.3. The smallest absolute Gasteiger partial charge is 0.167 e. The summed E-state index contributed by atoms with van der Waals surface area (Å²) in [6, 6.07) is 14.9. The van der Waals surface area contributed by atoms with Gasteiger partial charge in [-0.25, -0.2) is 0 Å². The molecule has 2 aromatic carbocycles. The van der Waals surface area contributed by atoms with Crippen LogP contribution in [0.15, 0.2) is 48.5 Å². The van der Waals surface area contributed by atoms with E-state index >= 15 is 0 Å². The monoisotopic (exact) mass is 730 g/mol. The van der Waals surface area contributed by atoms with Crippen molar-refractivity contribution in [2.24, 2.45) is 11.8 Å². The van der Waals surface area contributed by atoms with E-state index in [0.717, 1.165) is 56.4 Å². The lowest BCUT2D eigenvalue weighted by atomic mass is 9.89. The van der Waals surface area contributed by atoms with Crippen molar-refractivity contribution in [1.82, 2.24) is 9.80 Å².